The maximum absolute atomic E-state index is 11.8. The van der Waals surface area contributed by atoms with Crippen molar-refractivity contribution in [3.05, 3.63) is 0 Å². The van der Waals surface area contributed by atoms with Crippen molar-refractivity contribution in [2.45, 2.75) is 52.9 Å². The van der Waals surface area contributed by atoms with Crippen LogP contribution in [0.2, 0.25) is 0 Å². The molecule has 96 valence electrons. The minimum absolute atomic E-state index is 0.148. The van der Waals surface area contributed by atoms with Crippen LogP contribution in [0.1, 0.15) is 52.9 Å². The van der Waals surface area contributed by atoms with Gasteiger partial charge in [-0.1, -0.05) is 33.6 Å². The monoisotopic (exact) mass is 229 g/mol. The molecule has 0 saturated heterocycles. The highest BCUT2D eigenvalue weighted by Crippen LogP contribution is 2.00. The summed E-state index contributed by atoms with van der Waals surface area (Å²) in [6.07, 6.45) is 5.40. The van der Waals surface area contributed by atoms with Crippen molar-refractivity contribution in [1.29, 1.82) is 0 Å². The highest BCUT2D eigenvalue weighted by molar-refractivity contribution is 5.77. The average molecular weight is 229 g/mol. The van der Waals surface area contributed by atoms with Gasteiger partial charge in [0.15, 0.2) is 0 Å². The predicted molar refractivity (Wildman–Crippen MR) is 67.5 cm³/mol. The summed E-state index contributed by atoms with van der Waals surface area (Å²) >= 11 is 0. The van der Waals surface area contributed by atoms with Gasteiger partial charge in [0.2, 0.25) is 5.91 Å². The lowest BCUT2D eigenvalue weighted by Crippen LogP contribution is -2.35. The summed E-state index contributed by atoms with van der Waals surface area (Å²) in [6.45, 7) is 9.04. The highest BCUT2D eigenvalue weighted by atomic mass is 16.5. The Morgan fingerprint density at radius 3 is 2.00 bits per heavy atom. The van der Waals surface area contributed by atoms with Crippen molar-refractivity contribution < 1.29 is 9.53 Å². The summed E-state index contributed by atoms with van der Waals surface area (Å²) in [7, 11) is 0. The van der Waals surface area contributed by atoms with Gasteiger partial charge in [0.05, 0.1) is 0 Å². The van der Waals surface area contributed by atoms with E-state index in [4.69, 9.17) is 4.74 Å². The third-order valence-electron chi connectivity index (χ3n) is 2.49. The minimum Gasteiger partial charge on any atom is -0.372 e. The van der Waals surface area contributed by atoms with Crippen LogP contribution >= 0.6 is 0 Å². The van der Waals surface area contributed by atoms with E-state index in [0.717, 1.165) is 45.2 Å². The Labute approximate surface area is 100 Å². The molecule has 0 atom stereocenters. The summed E-state index contributed by atoms with van der Waals surface area (Å²) in [6, 6.07) is 0. The smallest absolute Gasteiger partial charge is 0.248 e. The summed E-state index contributed by atoms with van der Waals surface area (Å²) in [4.78, 5) is 13.8. The normalized spacial score (nSPS) is 10.4. The first kappa shape index (κ1) is 15.4. The molecule has 3 nitrogen and oxygen atoms in total. The molecular weight excluding hydrogens is 202 g/mol. The number of unbranched alkanes of at least 4 members (excludes halogenated alkanes) is 2. The molecule has 0 aromatic rings. The maximum atomic E-state index is 11.8. The third-order valence-corrected chi connectivity index (χ3v) is 2.49. The largest absolute Gasteiger partial charge is 0.372 e. The molecule has 0 aliphatic heterocycles. The fourth-order valence-corrected chi connectivity index (χ4v) is 1.45. The molecule has 1 amide bonds. The van der Waals surface area contributed by atoms with Gasteiger partial charge in [-0.3, -0.25) is 4.79 Å². The molecule has 0 aliphatic carbocycles. The fourth-order valence-electron chi connectivity index (χ4n) is 1.45. The number of ether oxygens (including phenoxy) is 1. The first-order valence-corrected chi connectivity index (χ1v) is 6.61. The third kappa shape index (κ3) is 7.69. The molecule has 0 aliphatic rings. The van der Waals surface area contributed by atoms with Gasteiger partial charge < -0.3 is 9.64 Å². The van der Waals surface area contributed by atoms with Crippen molar-refractivity contribution in [2.24, 2.45) is 0 Å². The van der Waals surface area contributed by atoms with Crippen LogP contribution in [-0.4, -0.2) is 37.1 Å². The molecule has 0 N–H and O–H groups in total. The first-order valence-electron chi connectivity index (χ1n) is 6.61. The molecule has 0 heterocycles. The van der Waals surface area contributed by atoms with Crippen molar-refractivity contribution in [2.75, 3.05) is 26.3 Å². The average Bonchev–Trinajstić information content (AvgIpc) is 2.29. The maximum Gasteiger partial charge on any atom is 0.248 e. The molecule has 0 aromatic carbocycles. The molecule has 0 saturated carbocycles. The second-order valence-electron chi connectivity index (χ2n) is 4.14. The molecule has 0 bridgehead atoms. The molecule has 0 aromatic heterocycles. The number of amides is 1. The van der Waals surface area contributed by atoms with Crippen LogP contribution in [0.25, 0.3) is 0 Å². The number of carbonyl (C=O) groups excluding carboxylic acids is 1. The molecule has 0 rings (SSSR count). The summed E-state index contributed by atoms with van der Waals surface area (Å²) < 4.78 is 5.29. The SMILES string of the molecule is CCCCN(CCCC)C(=O)COCCC. The van der Waals surface area contributed by atoms with E-state index in [0.29, 0.717) is 6.61 Å². The number of rotatable bonds is 10. The van der Waals surface area contributed by atoms with Gasteiger partial charge >= 0.3 is 0 Å². The van der Waals surface area contributed by atoms with E-state index in [9.17, 15) is 4.79 Å². The van der Waals surface area contributed by atoms with E-state index in [2.05, 4.69) is 20.8 Å². The fraction of sp³-hybridized carbons (Fsp3) is 0.923. The molecule has 0 spiro atoms. The van der Waals surface area contributed by atoms with Crippen LogP contribution in [0.5, 0.6) is 0 Å². The van der Waals surface area contributed by atoms with E-state index in [-0.39, 0.29) is 12.5 Å². The standard InChI is InChI=1S/C13H27NO2/c1-4-7-9-14(10-8-5-2)13(15)12-16-11-6-3/h4-12H2,1-3H3. The van der Waals surface area contributed by atoms with E-state index in [1.165, 1.54) is 0 Å². The zero-order chi connectivity index (χ0) is 12.2. The lowest BCUT2D eigenvalue weighted by molar-refractivity contribution is -0.136. The highest BCUT2D eigenvalue weighted by Gasteiger charge is 2.11. The van der Waals surface area contributed by atoms with Gasteiger partial charge in [-0.25, -0.2) is 0 Å². The van der Waals surface area contributed by atoms with Gasteiger partial charge in [0.1, 0.15) is 6.61 Å². The van der Waals surface area contributed by atoms with E-state index in [1.54, 1.807) is 0 Å². The lowest BCUT2D eigenvalue weighted by Gasteiger charge is -2.22. The first-order chi connectivity index (χ1) is 7.76. The number of hydrogen-bond acceptors (Lipinski definition) is 2. The number of carbonyl (C=O) groups is 1. The molecule has 16 heavy (non-hydrogen) atoms. The minimum atomic E-state index is 0.148. The van der Waals surface area contributed by atoms with Gasteiger partial charge in [0.25, 0.3) is 0 Å². The zero-order valence-electron chi connectivity index (χ0n) is 11.1. The molecule has 3 heteroatoms. The molecular formula is C13H27NO2. The summed E-state index contributed by atoms with van der Waals surface area (Å²) in [5.41, 5.74) is 0. The van der Waals surface area contributed by atoms with Gasteiger partial charge in [-0.05, 0) is 19.3 Å². The Kier molecular flexibility index (Phi) is 10.5. The van der Waals surface area contributed by atoms with Crippen LogP contribution in [-0.2, 0) is 9.53 Å². The Morgan fingerprint density at radius 1 is 1.00 bits per heavy atom. The van der Waals surface area contributed by atoms with Crippen molar-refractivity contribution in [1.82, 2.24) is 4.90 Å². The van der Waals surface area contributed by atoms with Crippen LogP contribution in [0.4, 0.5) is 0 Å². The van der Waals surface area contributed by atoms with Gasteiger partial charge in [-0.15, -0.1) is 0 Å². The lowest BCUT2D eigenvalue weighted by atomic mass is 10.2. The molecule has 0 radical (unpaired) electrons. The topological polar surface area (TPSA) is 29.5 Å². The summed E-state index contributed by atoms with van der Waals surface area (Å²) in [5.74, 6) is 0.148. The van der Waals surface area contributed by atoms with Crippen molar-refractivity contribution in [3.8, 4) is 0 Å². The Hall–Kier alpha value is -0.570. The second-order valence-corrected chi connectivity index (χ2v) is 4.14. The van der Waals surface area contributed by atoms with Gasteiger partial charge in [-0.2, -0.15) is 0 Å². The second kappa shape index (κ2) is 10.9. The summed E-state index contributed by atoms with van der Waals surface area (Å²) in [5, 5.41) is 0. The Bertz CT molecular complexity index is 163. The van der Waals surface area contributed by atoms with Gasteiger partial charge in [0, 0.05) is 19.7 Å². The van der Waals surface area contributed by atoms with Crippen molar-refractivity contribution >= 4 is 5.91 Å². The number of nitrogens with zero attached hydrogens (tertiary/aromatic N) is 1. The van der Waals surface area contributed by atoms with Crippen LogP contribution < -0.4 is 0 Å². The van der Waals surface area contributed by atoms with Crippen LogP contribution in [0.3, 0.4) is 0 Å². The molecule has 0 fully saturated rings. The molecule has 0 unspecified atom stereocenters. The van der Waals surface area contributed by atoms with Crippen LogP contribution in [0, 0.1) is 0 Å². The zero-order valence-corrected chi connectivity index (χ0v) is 11.1. The quantitative estimate of drug-likeness (QED) is 0.539. The van der Waals surface area contributed by atoms with E-state index in [1.807, 2.05) is 4.90 Å². The van der Waals surface area contributed by atoms with Crippen molar-refractivity contribution in [3.63, 3.8) is 0 Å². The van der Waals surface area contributed by atoms with E-state index < -0.39 is 0 Å². The van der Waals surface area contributed by atoms with E-state index >= 15 is 0 Å². The predicted octanol–water partition coefficient (Wildman–Crippen LogP) is 2.84. The van der Waals surface area contributed by atoms with Crippen LogP contribution in [0.15, 0.2) is 0 Å². The Morgan fingerprint density at radius 2 is 1.56 bits per heavy atom. The Balaban J connectivity index is 3.88. The number of hydrogen-bond donors (Lipinski definition) is 0.